The zero-order valence-electron chi connectivity index (χ0n) is 16.3. The molecule has 2 heteroatoms. The summed E-state index contributed by atoms with van der Waals surface area (Å²) in [5, 5.41) is 4.71. The molecule has 0 unspecified atom stereocenters. The Balaban J connectivity index is 2.33. The highest BCUT2D eigenvalue weighted by Gasteiger charge is 2.18. The molecule has 0 aliphatic carbocycles. The third-order valence-corrected chi connectivity index (χ3v) is 4.74. The van der Waals surface area contributed by atoms with Gasteiger partial charge in [0.15, 0.2) is 0 Å². The Kier molecular flexibility index (Phi) is 6.38. The summed E-state index contributed by atoms with van der Waals surface area (Å²) in [6, 6.07) is 15.1. The number of hydrogen-bond acceptors (Lipinski definition) is 2. The normalized spacial score (nSPS) is 11.2. The van der Waals surface area contributed by atoms with Gasteiger partial charge >= 0.3 is 0 Å². The second-order valence-electron chi connectivity index (χ2n) is 6.84. The third kappa shape index (κ3) is 3.65. The van der Waals surface area contributed by atoms with Crippen LogP contribution < -0.4 is 9.47 Å². The molecule has 0 aliphatic heterocycles. The molecular formula is C24H30O2. The van der Waals surface area contributed by atoms with Crippen LogP contribution in [-0.2, 0) is 6.42 Å². The number of rotatable bonds is 9. The summed E-state index contributed by atoms with van der Waals surface area (Å²) >= 11 is 0. The highest BCUT2D eigenvalue weighted by atomic mass is 16.5. The van der Waals surface area contributed by atoms with Gasteiger partial charge in [-0.25, -0.2) is 0 Å². The van der Waals surface area contributed by atoms with Crippen molar-refractivity contribution < 1.29 is 9.47 Å². The highest BCUT2D eigenvalue weighted by Crippen LogP contribution is 2.44. The second kappa shape index (κ2) is 8.93. The van der Waals surface area contributed by atoms with Gasteiger partial charge in [0.1, 0.15) is 11.5 Å². The van der Waals surface area contributed by atoms with Crippen molar-refractivity contribution in [3.8, 4) is 11.5 Å². The predicted molar refractivity (Wildman–Crippen MR) is 112 cm³/mol. The highest BCUT2D eigenvalue weighted by molar-refractivity contribution is 6.12. The SMILES string of the molecule is CCCCc1cccc2c(OCCC)c3ccccc3c(OCCC)c12. The standard InChI is InChI=1S/C24H30O2/c1-4-7-11-18-12-10-15-21-22(18)24(26-17-6-3)20-14-9-8-13-19(20)23(21)25-16-5-2/h8-10,12-15H,4-7,11,16-17H2,1-3H3. The van der Waals surface area contributed by atoms with E-state index in [1.54, 1.807) is 0 Å². The zero-order chi connectivity index (χ0) is 18.4. The number of benzene rings is 3. The average molecular weight is 351 g/mol. The Labute approximate surface area is 157 Å². The Bertz CT molecular complexity index is 867. The summed E-state index contributed by atoms with van der Waals surface area (Å²) in [5.41, 5.74) is 1.36. The van der Waals surface area contributed by atoms with Crippen molar-refractivity contribution in [3.63, 3.8) is 0 Å². The van der Waals surface area contributed by atoms with Gasteiger partial charge in [0, 0.05) is 21.5 Å². The first-order chi connectivity index (χ1) is 12.8. The Morgan fingerprint density at radius 1 is 0.654 bits per heavy atom. The summed E-state index contributed by atoms with van der Waals surface area (Å²) in [6.45, 7) is 8.01. The molecule has 0 aliphatic rings. The molecule has 0 atom stereocenters. The maximum atomic E-state index is 6.31. The molecule has 3 aromatic carbocycles. The van der Waals surface area contributed by atoms with Crippen molar-refractivity contribution in [1.82, 2.24) is 0 Å². The first-order valence-corrected chi connectivity index (χ1v) is 10.0. The third-order valence-electron chi connectivity index (χ3n) is 4.74. The Morgan fingerprint density at radius 3 is 1.92 bits per heavy atom. The summed E-state index contributed by atoms with van der Waals surface area (Å²) < 4.78 is 12.6. The predicted octanol–water partition coefficient (Wildman–Crippen LogP) is 6.91. The van der Waals surface area contributed by atoms with E-state index in [1.807, 2.05) is 0 Å². The monoisotopic (exact) mass is 350 g/mol. The minimum absolute atomic E-state index is 0.730. The molecule has 138 valence electrons. The summed E-state index contributed by atoms with van der Waals surface area (Å²) in [6.07, 6.45) is 5.45. The van der Waals surface area contributed by atoms with Crippen LogP contribution in [0.15, 0.2) is 42.5 Å². The van der Waals surface area contributed by atoms with Crippen molar-refractivity contribution in [3.05, 3.63) is 48.0 Å². The van der Waals surface area contributed by atoms with E-state index < -0.39 is 0 Å². The molecule has 3 aromatic rings. The van der Waals surface area contributed by atoms with E-state index in [0.29, 0.717) is 0 Å². The Morgan fingerprint density at radius 2 is 1.27 bits per heavy atom. The molecule has 0 saturated heterocycles. The largest absolute Gasteiger partial charge is 0.492 e. The van der Waals surface area contributed by atoms with Crippen LogP contribution in [0, 0.1) is 0 Å². The van der Waals surface area contributed by atoms with E-state index in [0.717, 1.165) is 54.7 Å². The van der Waals surface area contributed by atoms with E-state index in [-0.39, 0.29) is 0 Å². The smallest absolute Gasteiger partial charge is 0.135 e. The van der Waals surface area contributed by atoms with Crippen LogP contribution in [0.5, 0.6) is 11.5 Å². The van der Waals surface area contributed by atoms with Crippen LogP contribution >= 0.6 is 0 Å². The van der Waals surface area contributed by atoms with Crippen LogP contribution in [0.4, 0.5) is 0 Å². The fourth-order valence-electron chi connectivity index (χ4n) is 3.51. The fourth-order valence-corrected chi connectivity index (χ4v) is 3.51. The van der Waals surface area contributed by atoms with Crippen molar-refractivity contribution in [2.24, 2.45) is 0 Å². The van der Waals surface area contributed by atoms with Gasteiger partial charge in [0.25, 0.3) is 0 Å². The van der Waals surface area contributed by atoms with Gasteiger partial charge < -0.3 is 9.47 Å². The van der Waals surface area contributed by atoms with Crippen LogP contribution in [0.1, 0.15) is 52.0 Å². The molecule has 0 N–H and O–H groups in total. The number of unbranched alkanes of at least 4 members (excludes halogenated alkanes) is 1. The van der Waals surface area contributed by atoms with Gasteiger partial charge in [0.05, 0.1) is 13.2 Å². The van der Waals surface area contributed by atoms with E-state index in [4.69, 9.17) is 9.47 Å². The van der Waals surface area contributed by atoms with Gasteiger partial charge in [0.2, 0.25) is 0 Å². The lowest BCUT2D eigenvalue weighted by Gasteiger charge is -2.19. The number of fused-ring (bicyclic) bond motifs is 2. The van der Waals surface area contributed by atoms with Crippen molar-refractivity contribution in [1.29, 1.82) is 0 Å². The van der Waals surface area contributed by atoms with Gasteiger partial charge in [-0.15, -0.1) is 0 Å². The molecule has 0 amide bonds. The van der Waals surface area contributed by atoms with E-state index in [9.17, 15) is 0 Å². The molecular weight excluding hydrogens is 320 g/mol. The second-order valence-corrected chi connectivity index (χ2v) is 6.84. The van der Waals surface area contributed by atoms with Crippen molar-refractivity contribution >= 4 is 21.5 Å². The molecule has 0 radical (unpaired) electrons. The summed E-state index contributed by atoms with van der Waals surface area (Å²) in [7, 11) is 0. The van der Waals surface area contributed by atoms with Crippen LogP contribution in [-0.4, -0.2) is 13.2 Å². The minimum Gasteiger partial charge on any atom is -0.492 e. The maximum absolute atomic E-state index is 6.31. The first-order valence-electron chi connectivity index (χ1n) is 10.0. The lowest BCUT2D eigenvalue weighted by Crippen LogP contribution is -2.02. The van der Waals surface area contributed by atoms with Gasteiger partial charge in [-0.3, -0.25) is 0 Å². The van der Waals surface area contributed by atoms with Crippen LogP contribution in [0.3, 0.4) is 0 Å². The van der Waals surface area contributed by atoms with E-state index in [2.05, 4.69) is 63.2 Å². The molecule has 0 fully saturated rings. The lowest BCUT2D eigenvalue weighted by atomic mass is 9.94. The Hall–Kier alpha value is -2.22. The molecule has 0 bridgehead atoms. The fraction of sp³-hybridized carbons (Fsp3) is 0.417. The quantitative estimate of drug-likeness (QED) is 0.390. The van der Waals surface area contributed by atoms with Crippen molar-refractivity contribution in [2.45, 2.75) is 52.9 Å². The molecule has 0 heterocycles. The molecule has 26 heavy (non-hydrogen) atoms. The number of aryl methyl sites for hydroxylation is 1. The lowest BCUT2D eigenvalue weighted by molar-refractivity contribution is 0.319. The molecule has 2 nitrogen and oxygen atoms in total. The summed E-state index contributed by atoms with van der Waals surface area (Å²) in [4.78, 5) is 0. The van der Waals surface area contributed by atoms with Crippen LogP contribution in [0.25, 0.3) is 21.5 Å². The van der Waals surface area contributed by atoms with Crippen molar-refractivity contribution in [2.75, 3.05) is 13.2 Å². The van der Waals surface area contributed by atoms with E-state index in [1.165, 1.54) is 29.2 Å². The summed E-state index contributed by atoms with van der Waals surface area (Å²) in [5.74, 6) is 2.02. The van der Waals surface area contributed by atoms with E-state index >= 15 is 0 Å². The van der Waals surface area contributed by atoms with Gasteiger partial charge in [-0.2, -0.15) is 0 Å². The zero-order valence-corrected chi connectivity index (χ0v) is 16.3. The number of ether oxygens (including phenoxy) is 2. The first kappa shape index (κ1) is 18.6. The minimum atomic E-state index is 0.730. The van der Waals surface area contributed by atoms with Crippen LogP contribution in [0.2, 0.25) is 0 Å². The average Bonchev–Trinajstić information content (AvgIpc) is 2.68. The molecule has 0 saturated carbocycles. The van der Waals surface area contributed by atoms with Gasteiger partial charge in [-0.05, 0) is 31.2 Å². The molecule has 3 rings (SSSR count). The maximum Gasteiger partial charge on any atom is 0.135 e. The topological polar surface area (TPSA) is 18.5 Å². The molecule has 0 spiro atoms. The van der Waals surface area contributed by atoms with Gasteiger partial charge in [-0.1, -0.05) is 69.7 Å². The molecule has 0 aromatic heterocycles. The number of hydrogen-bond donors (Lipinski definition) is 0.